The lowest BCUT2D eigenvalue weighted by Crippen LogP contribution is -2.44. The lowest BCUT2D eigenvalue weighted by atomic mass is 9.88. The van der Waals surface area contributed by atoms with Crippen LogP contribution in [0.5, 0.6) is 0 Å². The van der Waals surface area contributed by atoms with Gasteiger partial charge in [0.2, 0.25) is 0 Å². The highest BCUT2D eigenvalue weighted by Crippen LogP contribution is 2.39. The highest BCUT2D eigenvalue weighted by molar-refractivity contribution is 5.91. The number of benzene rings is 2. The van der Waals surface area contributed by atoms with Crippen molar-refractivity contribution in [3.63, 3.8) is 0 Å². The van der Waals surface area contributed by atoms with Gasteiger partial charge in [0.05, 0.1) is 17.2 Å². The van der Waals surface area contributed by atoms with Gasteiger partial charge in [-0.05, 0) is 62.6 Å². The molecular weight excluding hydrogens is 304 g/mol. The molecule has 1 heterocycles. The second-order valence-electron chi connectivity index (χ2n) is 7.04. The zero-order chi connectivity index (χ0) is 18.0. The molecule has 1 aliphatic heterocycles. The molecular formula is C23H24N2. The molecule has 0 spiro atoms. The van der Waals surface area contributed by atoms with Crippen molar-refractivity contribution in [2.24, 2.45) is 0 Å². The second-order valence-corrected chi connectivity index (χ2v) is 7.04. The molecule has 2 aromatic rings. The Balaban J connectivity index is 2.07. The van der Waals surface area contributed by atoms with Gasteiger partial charge < -0.3 is 4.90 Å². The van der Waals surface area contributed by atoms with Crippen LogP contribution >= 0.6 is 0 Å². The Bertz CT molecular complexity index is 880. The third kappa shape index (κ3) is 3.23. The van der Waals surface area contributed by atoms with E-state index in [0.717, 1.165) is 17.7 Å². The average Bonchev–Trinajstić information content (AvgIpc) is 2.60. The van der Waals surface area contributed by atoms with Gasteiger partial charge in [-0.3, -0.25) is 0 Å². The van der Waals surface area contributed by atoms with E-state index in [2.05, 4.69) is 62.9 Å². The highest BCUT2D eigenvalue weighted by atomic mass is 15.2. The summed E-state index contributed by atoms with van der Waals surface area (Å²) in [5, 5.41) is 9.54. The van der Waals surface area contributed by atoms with Crippen LogP contribution in [0.1, 0.15) is 44.4 Å². The molecule has 2 nitrogen and oxygen atoms in total. The van der Waals surface area contributed by atoms with Crippen LogP contribution in [-0.2, 0) is 0 Å². The van der Waals surface area contributed by atoms with E-state index in [-0.39, 0.29) is 5.54 Å². The van der Waals surface area contributed by atoms with Gasteiger partial charge in [-0.2, -0.15) is 5.26 Å². The Labute approximate surface area is 150 Å². The van der Waals surface area contributed by atoms with Gasteiger partial charge in [0, 0.05) is 17.8 Å². The summed E-state index contributed by atoms with van der Waals surface area (Å²) in [4.78, 5) is 2.42. The molecule has 0 aromatic heterocycles. The van der Waals surface area contributed by atoms with Crippen molar-refractivity contribution in [2.75, 3.05) is 11.4 Å². The molecule has 0 atom stereocenters. The van der Waals surface area contributed by atoms with Gasteiger partial charge in [-0.25, -0.2) is 0 Å². The van der Waals surface area contributed by atoms with Crippen LogP contribution in [0.15, 0.2) is 54.6 Å². The Morgan fingerprint density at radius 3 is 2.52 bits per heavy atom. The summed E-state index contributed by atoms with van der Waals surface area (Å²) in [6, 6.07) is 18.6. The molecule has 0 saturated heterocycles. The molecule has 25 heavy (non-hydrogen) atoms. The number of nitrogens with zero attached hydrogens (tertiary/aromatic N) is 2. The average molecular weight is 328 g/mol. The first-order valence-electron chi connectivity index (χ1n) is 8.75. The van der Waals surface area contributed by atoms with E-state index in [1.165, 1.54) is 16.8 Å². The van der Waals surface area contributed by atoms with Crippen LogP contribution in [0.4, 0.5) is 5.69 Å². The number of hydrogen-bond acceptors (Lipinski definition) is 2. The van der Waals surface area contributed by atoms with E-state index in [0.29, 0.717) is 5.57 Å². The zero-order valence-corrected chi connectivity index (χ0v) is 15.4. The molecule has 0 amide bonds. The number of nitriles is 1. The number of hydrogen-bond donors (Lipinski definition) is 0. The summed E-state index contributed by atoms with van der Waals surface area (Å²) in [6.45, 7) is 9.83. The van der Waals surface area contributed by atoms with E-state index in [4.69, 9.17) is 0 Å². The van der Waals surface area contributed by atoms with Crippen molar-refractivity contribution in [2.45, 2.75) is 33.2 Å². The predicted molar refractivity (Wildman–Crippen MR) is 107 cm³/mol. The maximum Gasteiger partial charge on any atom is 0.0998 e. The molecule has 3 rings (SSSR count). The molecule has 2 heteroatoms. The Morgan fingerprint density at radius 1 is 1.16 bits per heavy atom. The van der Waals surface area contributed by atoms with E-state index in [1.807, 2.05) is 36.4 Å². The molecule has 1 aliphatic rings. The molecule has 126 valence electrons. The number of likely N-dealkylation sites (N-methyl/N-ethyl adjacent to an activating group) is 1. The summed E-state index contributed by atoms with van der Waals surface area (Å²) in [7, 11) is 0. The highest BCUT2D eigenvalue weighted by Gasteiger charge is 2.29. The van der Waals surface area contributed by atoms with Crippen LogP contribution in [0.25, 0.3) is 17.2 Å². The topological polar surface area (TPSA) is 27.0 Å². The van der Waals surface area contributed by atoms with E-state index < -0.39 is 0 Å². The predicted octanol–water partition coefficient (Wildman–Crippen LogP) is 5.77. The first-order chi connectivity index (χ1) is 12.0. The van der Waals surface area contributed by atoms with Crippen molar-refractivity contribution in [1.82, 2.24) is 0 Å². The van der Waals surface area contributed by atoms with Crippen LogP contribution in [0.2, 0.25) is 0 Å². The first kappa shape index (κ1) is 17.0. The zero-order valence-electron chi connectivity index (χ0n) is 15.4. The van der Waals surface area contributed by atoms with Crippen LogP contribution in [0.3, 0.4) is 0 Å². The van der Waals surface area contributed by atoms with E-state index in [9.17, 15) is 5.26 Å². The largest absolute Gasteiger partial charge is 0.363 e. The van der Waals surface area contributed by atoms with Crippen molar-refractivity contribution < 1.29 is 0 Å². The van der Waals surface area contributed by atoms with Crippen LogP contribution < -0.4 is 4.90 Å². The fourth-order valence-electron chi connectivity index (χ4n) is 3.73. The van der Waals surface area contributed by atoms with Crippen LogP contribution in [-0.4, -0.2) is 12.1 Å². The van der Waals surface area contributed by atoms with E-state index >= 15 is 0 Å². The molecule has 0 fully saturated rings. The number of anilines is 1. The van der Waals surface area contributed by atoms with Crippen molar-refractivity contribution in [1.29, 1.82) is 5.26 Å². The summed E-state index contributed by atoms with van der Waals surface area (Å²) in [6.07, 6.45) is 4.30. The van der Waals surface area contributed by atoms with Gasteiger partial charge >= 0.3 is 0 Å². The number of fused-ring (bicyclic) bond motifs is 1. The minimum Gasteiger partial charge on any atom is -0.363 e. The van der Waals surface area contributed by atoms with Gasteiger partial charge in [0.1, 0.15) is 0 Å². The Hall–Kier alpha value is -2.79. The molecule has 0 saturated carbocycles. The fourth-order valence-corrected chi connectivity index (χ4v) is 3.73. The molecule has 0 aliphatic carbocycles. The van der Waals surface area contributed by atoms with Crippen molar-refractivity contribution >= 4 is 22.9 Å². The van der Waals surface area contributed by atoms with Gasteiger partial charge in [0.25, 0.3) is 0 Å². The monoisotopic (exact) mass is 328 g/mol. The maximum atomic E-state index is 9.54. The minimum atomic E-state index is 0.0189. The van der Waals surface area contributed by atoms with Crippen LogP contribution in [0, 0.1) is 11.3 Å². The standard InChI is InChI=1S/C23H24N2/c1-5-25-22-12-11-18(14-21(22)17(2)15-23(25,3)4)13-20(16-24)19-9-7-6-8-10-19/h6-15H,5H2,1-4H3/b20-13-. The number of rotatable bonds is 3. The number of allylic oxidation sites excluding steroid dienone is 2. The smallest absolute Gasteiger partial charge is 0.0998 e. The quantitative estimate of drug-likeness (QED) is 0.528. The summed E-state index contributed by atoms with van der Waals surface area (Å²) in [5.74, 6) is 0. The van der Waals surface area contributed by atoms with Gasteiger partial charge in [0.15, 0.2) is 0 Å². The minimum absolute atomic E-state index is 0.0189. The summed E-state index contributed by atoms with van der Waals surface area (Å²) < 4.78 is 0. The van der Waals surface area contributed by atoms with E-state index in [1.54, 1.807) is 0 Å². The normalized spacial score (nSPS) is 16.0. The third-order valence-electron chi connectivity index (χ3n) is 4.83. The molecule has 0 unspecified atom stereocenters. The summed E-state index contributed by atoms with van der Waals surface area (Å²) in [5.41, 5.74) is 6.52. The maximum absolute atomic E-state index is 9.54. The molecule has 0 radical (unpaired) electrons. The van der Waals surface area contributed by atoms with Crippen molar-refractivity contribution in [3.05, 3.63) is 71.3 Å². The lowest BCUT2D eigenvalue weighted by molar-refractivity contribution is 0.566. The Kier molecular flexibility index (Phi) is 4.51. The third-order valence-corrected chi connectivity index (χ3v) is 4.83. The Morgan fingerprint density at radius 2 is 1.88 bits per heavy atom. The van der Waals surface area contributed by atoms with Gasteiger partial charge in [-0.1, -0.05) is 42.5 Å². The molecule has 2 aromatic carbocycles. The molecule has 0 bridgehead atoms. The summed E-state index contributed by atoms with van der Waals surface area (Å²) >= 11 is 0. The fraction of sp³-hybridized carbons (Fsp3) is 0.261. The SMILES string of the molecule is CCN1c2ccc(/C=C(/C#N)c3ccccc3)cc2C(C)=CC1(C)C. The molecule has 0 N–H and O–H groups in total. The van der Waals surface area contributed by atoms with Crippen molar-refractivity contribution in [3.8, 4) is 6.07 Å². The first-order valence-corrected chi connectivity index (χ1v) is 8.75. The lowest BCUT2D eigenvalue weighted by Gasteiger charge is -2.42. The van der Waals surface area contributed by atoms with Gasteiger partial charge in [-0.15, -0.1) is 0 Å². The second kappa shape index (κ2) is 6.61.